The number of rotatable bonds is 5. The van der Waals surface area contributed by atoms with E-state index >= 15 is 0 Å². The van der Waals surface area contributed by atoms with Crippen molar-refractivity contribution in [2.75, 3.05) is 26.4 Å². The first-order valence-corrected chi connectivity index (χ1v) is 5.46. The molecule has 2 amide bonds. The maximum Gasteiger partial charge on any atom is 0.316 e. The fraction of sp³-hybridized carbons (Fsp3) is 0.800. The minimum Gasteiger partial charge on any atom is -0.381 e. The van der Waals surface area contributed by atoms with Crippen molar-refractivity contribution < 1.29 is 14.3 Å². The van der Waals surface area contributed by atoms with Crippen LogP contribution in [-0.4, -0.2) is 38.5 Å². The van der Waals surface area contributed by atoms with Crippen LogP contribution in [0.15, 0.2) is 4.99 Å². The zero-order valence-corrected chi connectivity index (χ0v) is 9.20. The topological polar surface area (TPSA) is 79.8 Å². The van der Waals surface area contributed by atoms with Crippen molar-refractivity contribution in [1.82, 2.24) is 10.6 Å². The van der Waals surface area contributed by atoms with Crippen molar-refractivity contribution in [3.8, 4) is 0 Å². The van der Waals surface area contributed by atoms with Gasteiger partial charge in [0.1, 0.15) is 6.67 Å². The van der Waals surface area contributed by atoms with Crippen molar-refractivity contribution in [1.29, 1.82) is 0 Å². The Morgan fingerprint density at radius 2 is 2.12 bits per heavy atom. The number of isocyanates is 1. The second-order valence-electron chi connectivity index (χ2n) is 3.68. The number of amides is 2. The molecule has 1 saturated heterocycles. The van der Waals surface area contributed by atoms with Gasteiger partial charge in [-0.15, -0.1) is 0 Å². The Kier molecular flexibility index (Phi) is 6.22. The third-order valence-corrected chi connectivity index (χ3v) is 2.56. The lowest BCUT2D eigenvalue weighted by Crippen LogP contribution is -2.36. The summed E-state index contributed by atoms with van der Waals surface area (Å²) in [5.41, 5.74) is 0. The van der Waals surface area contributed by atoms with E-state index in [1.807, 2.05) is 0 Å². The minimum atomic E-state index is -0.300. The van der Waals surface area contributed by atoms with Gasteiger partial charge in [-0.05, 0) is 25.2 Å². The van der Waals surface area contributed by atoms with Crippen molar-refractivity contribution in [2.45, 2.75) is 19.3 Å². The molecule has 6 heteroatoms. The fourth-order valence-corrected chi connectivity index (χ4v) is 1.63. The van der Waals surface area contributed by atoms with Gasteiger partial charge in [0.2, 0.25) is 6.08 Å². The van der Waals surface area contributed by atoms with Gasteiger partial charge in [0, 0.05) is 19.8 Å². The van der Waals surface area contributed by atoms with Crippen LogP contribution in [0.2, 0.25) is 0 Å². The molecule has 0 aromatic heterocycles. The number of ether oxygens (including phenoxy) is 1. The van der Waals surface area contributed by atoms with E-state index in [0.29, 0.717) is 12.5 Å². The molecular weight excluding hydrogens is 210 g/mol. The third-order valence-electron chi connectivity index (χ3n) is 2.56. The van der Waals surface area contributed by atoms with Gasteiger partial charge >= 0.3 is 6.03 Å². The maximum atomic E-state index is 11.1. The Bertz CT molecular complexity index is 258. The highest BCUT2D eigenvalue weighted by Gasteiger charge is 2.13. The Labute approximate surface area is 94.4 Å². The summed E-state index contributed by atoms with van der Waals surface area (Å²) in [5.74, 6) is 0.641. The van der Waals surface area contributed by atoms with E-state index in [-0.39, 0.29) is 12.7 Å². The molecule has 2 N–H and O–H groups in total. The zero-order chi connectivity index (χ0) is 11.6. The van der Waals surface area contributed by atoms with Crippen molar-refractivity contribution in [3.05, 3.63) is 0 Å². The summed E-state index contributed by atoms with van der Waals surface area (Å²) in [5, 5.41) is 5.13. The first-order valence-electron chi connectivity index (χ1n) is 5.46. The van der Waals surface area contributed by atoms with Crippen LogP contribution in [0, 0.1) is 5.92 Å². The number of nitrogens with zero attached hydrogens (tertiary/aromatic N) is 1. The predicted octanol–water partition coefficient (Wildman–Crippen LogP) is 0.396. The predicted molar refractivity (Wildman–Crippen MR) is 57.7 cm³/mol. The van der Waals surface area contributed by atoms with Gasteiger partial charge in [0.25, 0.3) is 0 Å². The Balaban J connectivity index is 2.00. The smallest absolute Gasteiger partial charge is 0.316 e. The molecule has 0 aromatic carbocycles. The maximum absolute atomic E-state index is 11.1. The summed E-state index contributed by atoms with van der Waals surface area (Å²) in [6.07, 6.45) is 4.45. The summed E-state index contributed by atoms with van der Waals surface area (Å²) in [6, 6.07) is -0.300. The van der Waals surface area contributed by atoms with Crippen LogP contribution in [0.4, 0.5) is 4.79 Å². The van der Waals surface area contributed by atoms with Gasteiger partial charge in [-0.25, -0.2) is 9.59 Å². The molecule has 6 nitrogen and oxygen atoms in total. The Morgan fingerprint density at radius 1 is 1.38 bits per heavy atom. The number of hydrogen-bond donors (Lipinski definition) is 2. The molecule has 0 unspecified atom stereocenters. The van der Waals surface area contributed by atoms with Crippen LogP contribution < -0.4 is 10.6 Å². The summed E-state index contributed by atoms with van der Waals surface area (Å²) in [7, 11) is 0. The summed E-state index contributed by atoms with van der Waals surface area (Å²) in [6.45, 7) is 2.27. The third kappa shape index (κ3) is 5.48. The second-order valence-corrected chi connectivity index (χ2v) is 3.68. The summed E-state index contributed by atoms with van der Waals surface area (Å²) >= 11 is 0. The first-order chi connectivity index (χ1) is 7.83. The van der Waals surface area contributed by atoms with Gasteiger partial charge in [0.15, 0.2) is 0 Å². The van der Waals surface area contributed by atoms with Crippen LogP contribution in [0.3, 0.4) is 0 Å². The lowest BCUT2D eigenvalue weighted by atomic mass is 9.97. The van der Waals surface area contributed by atoms with Gasteiger partial charge in [-0.1, -0.05) is 0 Å². The van der Waals surface area contributed by atoms with E-state index in [4.69, 9.17) is 4.74 Å². The number of carbonyl (C=O) groups excluding carboxylic acids is 2. The second kappa shape index (κ2) is 7.84. The van der Waals surface area contributed by atoms with E-state index in [2.05, 4.69) is 15.6 Å². The molecule has 1 fully saturated rings. The van der Waals surface area contributed by atoms with Gasteiger partial charge in [0.05, 0.1) is 0 Å². The highest BCUT2D eigenvalue weighted by molar-refractivity contribution is 5.73. The number of nitrogens with one attached hydrogen (secondary N) is 2. The molecule has 16 heavy (non-hydrogen) atoms. The van der Waals surface area contributed by atoms with Crippen LogP contribution in [0.5, 0.6) is 0 Å². The quantitative estimate of drug-likeness (QED) is 0.527. The van der Waals surface area contributed by atoms with Crippen molar-refractivity contribution in [3.63, 3.8) is 0 Å². The van der Waals surface area contributed by atoms with E-state index in [9.17, 15) is 9.59 Å². The molecule has 0 radical (unpaired) electrons. The molecule has 0 atom stereocenters. The lowest BCUT2D eigenvalue weighted by molar-refractivity contribution is 0.0642. The molecule has 1 rings (SSSR count). The minimum absolute atomic E-state index is 0.0212. The summed E-state index contributed by atoms with van der Waals surface area (Å²) in [4.78, 5) is 24.1. The molecule has 0 bridgehead atoms. The molecule has 0 aliphatic carbocycles. The first kappa shape index (κ1) is 12.7. The van der Waals surface area contributed by atoms with E-state index < -0.39 is 0 Å². The Morgan fingerprint density at radius 3 is 2.81 bits per heavy atom. The van der Waals surface area contributed by atoms with Gasteiger partial charge < -0.3 is 15.4 Å². The number of aliphatic imine (C=N–C) groups is 1. The molecule has 90 valence electrons. The molecule has 0 spiro atoms. The number of carbonyl (C=O) groups is 1. The SMILES string of the molecule is O=C=NCNC(=O)NCCC1CCOCC1. The van der Waals surface area contributed by atoms with E-state index in [1.54, 1.807) is 0 Å². The standard InChI is InChI=1S/C10H17N3O3/c14-8-11-7-13-10(15)12-4-1-9-2-5-16-6-3-9/h9H,1-7H2,(H2,12,13,15). The Hall–Kier alpha value is -1.39. The monoisotopic (exact) mass is 227 g/mol. The zero-order valence-electron chi connectivity index (χ0n) is 9.20. The molecule has 1 aliphatic heterocycles. The van der Waals surface area contributed by atoms with Crippen molar-refractivity contribution in [2.24, 2.45) is 10.9 Å². The van der Waals surface area contributed by atoms with Crippen molar-refractivity contribution >= 4 is 12.1 Å². The number of urea groups is 1. The summed E-state index contributed by atoms with van der Waals surface area (Å²) < 4.78 is 5.24. The van der Waals surface area contributed by atoms with Crippen LogP contribution in [0.25, 0.3) is 0 Å². The van der Waals surface area contributed by atoms with E-state index in [1.165, 1.54) is 6.08 Å². The average molecular weight is 227 g/mol. The van der Waals surface area contributed by atoms with Crippen LogP contribution in [0.1, 0.15) is 19.3 Å². The molecule has 0 aromatic rings. The van der Waals surface area contributed by atoms with E-state index in [0.717, 1.165) is 32.5 Å². The number of hydrogen-bond acceptors (Lipinski definition) is 4. The van der Waals surface area contributed by atoms with Gasteiger partial charge in [-0.3, -0.25) is 0 Å². The highest BCUT2D eigenvalue weighted by atomic mass is 16.5. The lowest BCUT2D eigenvalue weighted by Gasteiger charge is -2.21. The molecule has 0 saturated carbocycles. The average Bonchev–Trinajstić information content (AvgIpc) is 2.31. The largest absolute Gasteiger partial charge is 0.381 e. The van der Waals surface area contributed by atoms with Gasteiger partial charge in [-0.2, -0.15) is 4.99 Å². The molecular formula is C10H17N3O3. The highest BCUT2D eigenvalue weighted by Crippen LogP contribution is 2.17. The molecule has 1 aliphatic rings. The van der Waals surface area contributed by atoms with Crippen LogP contribution in [-0.2, 0) is 9.53 Å². The van der Waals surface area contributed by atoms with Crippen LogP contribution >= 0.6 is 0 Å². The fourth-order valence-electron chi connectivity index (χ4n) is 1.63. The normalized spacial score (nSPS) is 16.2. The molecule has 1 heterocycles.